The molecule has 0 atom stereocenters. The van der Waals surface area contributed by atoms with E-state index in [1.54, 1.807) is 26.1 Å². The summed E-state index contributed by atoms with van der Waals surface area (Å²) in [5.74, 6) is -1.15. The predicted molar refractivity (Wildman–Crippen MR) is 62.6 cm³/mol. The highest BCUT2D eigenvalue weighted by Gasteiger charge is 2.16. The first-order valence-electron chi connectivity index (χ1n) is 5.11. The summed E-state index contributed by atoms with van der Waals surface area (Å²) in [6, 6.07) is 0. The highest BCUT2D eigenvalue weighted by molar-refractivity contribution is 5.90. The van der Waals surface area contributed by atoms with E-state index in [0.29, 0.717) is 17.8 Å². The number of aryl methyl sites for hydroxylation is 2. The van der Waals surface area contributed by atoms with Crippen LogP contribution in [0.5, 0.6) is 0 Å². The Kier molecular flexibility index (Phi) is 4.03. The Morgan fingerprint density at radius 3 is 2.71 bits per heavy atom. The molecule has 1 aromatic heterocycles. The fraction of sp³-hybridized carbons (Fsp3) is 0.364. The molecule has 0 saturated heterocycles. The fourth-order valence-corrected chi connectivity index (χ4v) is 1.51. The molecule has 0 spiro atoms. The van der Waals surface area contributed by atoms with Crippen LogP contribution in [0.3, 0.4) is 0 Å². The van der Waals surface area contributed by atoms with Crippen molar-refractivity contribution in [3.8, 4) is 0 Å². The second kappa shape index (κ2) is 5.29. The molecule has 0 aromatic carbocycles. The molecule has 0 saturated carbocycles. The van der Waals surface area contributed by atoms with E-state index in [9.17, 15) is 9.59 Å². The predicted octanol–water partition coefficient (Wildman–Crippen LogP) is 0.576. The zero-order valence-corrected chi connectivity index (χ0v) is 10.0. The molecule has 0 radical (unpaired) electrons. The minimum Gasteiger partial charge on any atom is -0.477 e. The molecule has 6 heteroatoms. The average Bonchev–Trinajstić information content (AvgIpc) is 2.48. The van der Waals surface area contributed by atoms with E-state index in [1.807, 2.05) is 0 Å². The summed E-state index contributed by atoms with van der Waals surface area (Å²) in [5, 5.41) is 15.7. The molecular formula is C11H15N3O3. The number of carboxylic acid groups (broad SMARTS) is 1. The van der Waals surface area contributed by atoms with E-state index in [1.165, 1.54) is 11.6 Å². The standard InChI is InChI=1S/C11H15N3O3/c1-7-9(5-4-6-12-8(2)15)10(11(16)17)14(3)13-7/h4-5H,6H2,1-3H3,(H,12,15)(H,16,17). The Morgan fingerprint density at radius 1 is 1.53 bits per heavy atom. The van der Waals surface area contributed by atoms with Gasteiger partial charge < -0.3 is 10.4 Å². The third-order valence-corrected chi connectivity index (χ3v) is 2.22. The molecule has 92 valence electrons. The van der Waals surface area contributed by atoms with Crippen LogP contribution in [-0.4, -0.2) is 33.3 Å². The molecule has 0 aliphatic heterocycles. The quantitative estimate of drug-likeness (QED) is 0.802. The first-order chi connectivity index (χ1) is 7.93. The molecular weight excluding hydrogens is 222 g/mol. The van der Waals surface area contributed by atoms with E-state index in [-0.39, 0.29) is 11.6 Å². The number of nitrogens with one attached hydrogen (secondary N) is 1. The van der Waals surface area contributed by atoms with Crippen LogP contribution in [0, 0.1) is 6.92 Å². The van der Waals surface area contributed by atoms with Crippen LogP contribution in [0.15, 0.2) is 6.08 Å². The molecule has 0 unspecified atom stereocenters. The molecule has 2 N–H and O–H groups in total. The fourth-order valence-electron chi connectivity index (χ4n) is 1.51. The van der Waals surface area contributed by atoms with Gasteiger partial charge in [-0.1, -0.05) is 12.2 Å². The van der Waals surface area contributed by atoms with Crippen LogP contribution in [0.2, 0.25) is 0 Å². The molecule has 0 aliphatic carbocycles. The lowest BCUT2D eigenvalue weighted by Crippen LogP contribution is -2.19. The van der Waals surface area contributed by atoms with Gasteiger partial charge >= 0.3 is 5.97 Å². The van der Waals surface area contributed by atoms with E-state index in [2.05, 4.69) is 10.4 Å². The SMILES string of the molecule is CC(=O)NCC=Cc1c(C)nn(C)c1C(=O)O. The van der Waals surface area contributed by atoms with Crippen LogP contribution >= 0.6 is 0 Å². The molecule has 1 rings (SSSR count). The lowest BCUT2D eigenvalue weighted by molar-refractivity contribution is -0.118. The number of amides is 1. The summed E-state index contributed by atoms with van der Waals surface area (Å²) >= 11 is 0. The van der Waals surface area contributed by atoms with Gasteiger partial charge in [-0.25, -0.2) is 4.79 Å². The van der Waals surface area contributed by atoms with Gasteiger partial charge in [0.15, 0.2) is 5.69 Å². The molecule has 0 aliphatic rings. The summed E-state index contributed by atoms with van der Waals surface area (Å²) in [6.45, 7) is 3.53. The van der Waals surface area contributed by atoms with Crippen molar-refractivity contribution in [1.29, 1.82) is 0 Å². The van der Waals surface area contributed by atoms with Crippen molar-refractivity contribution in [1.82, 2.24) is 15.1 Å². The first-order valence-corrected chi connectivity index (χ1v) is 5.11. The zero-order chi connectivity index (χ0) is 13.0. The summed E-state index contributed by atoms with van der Waals surface area (Å²) < 4.78 is 1.33. The van der Waals surface area contributed by atoms with Gasteiger partial charge in [0.05, 0.1) is 5.69 Å². The Hall–Kier alpha value is -2.11. The Balaban J connectivity index is 2.90. The minimum absolute atomic E-state index is 0.129. The van der Waals surface area contributed by atoms with Crippen LogP contribution in [-0.2, 0) is 11.8 Å². The summed E-state index contributed by atoms with van der Waals surface area (Å²) in [5.41, 5.74) is 1.34. The lowest BCUT2D eigenvalue weighted by Gasteiger charge is -1.97. The molecule has 0 bridgehead atoms. The molecule has 1 heterocycles. The van der Waals surface area contributed by atoms with Gasteiger partial charge in [-0.05, 0) is 6.92 Å². The topological polar surface area (TPSA) is 84.2 Å². The van der Waals surface area contributed by atoms with Crippen molar-refractivity contribution in [2.45, 2.75) is 13.8 Å². The number of nitrogens with zero attached hydrogens (tertiary/aromatic N) is 2. The maximum Gasteiger partial charge on any atom is 0.354 e. The third kappa shape index (κ3) is 3.17. The Morgan fingerprint density at radius 2 is 2.18 bits per heavy atom. The summed E-state index contributed by atoms with van der Waals surface area (Å²) in [7, 11) is 1.58. The summed E-state index contributed by atoms with van der Waals surface area (Å²) in [4.78, 5) is 21.7. The number of hydrogen-bond acceptors (Lipinski definition) is 3. The van der Waals surface area contributed by atoms with Crippen molar-refractivity contribution >= 4 is 18.0 Å². The van der Waals surface area contributed by atoms with Crippen LogP contribution < -0.4 is 5.32 Å². The van der Waals surface area contributed by atoms with E-state index in [0.717, 1.165) is 0 Å². The number of aromatic nitrogens is 2. The molecule has 0 fully saturated rings. The first kappa shape index (κ1) is 13.0. The highest BCUT2D eigenvalue weighted by atomic mass is 16.4. The number of carbonyl (C=O) groups is 2. The van der Waals surface area contributed by atoms with Gasteiger partial charge in [0.1, 0.15) is 0 Å². The van der Waals surface area contributed by atoms with E-state index >= 15 is 0 Å². The number of aromatic carboxylic acids is 1. The summed E-state index contributed by atoms with van der Waals surface area (Å²) in [6.07, 6.45) is 3.35. The van der Waals surface area contributed by atoms with Gasteiger partial charge in [0.25, 0.3) is 0 Å². The second-order valence-corrected chi connectivity index (χ2v) is 3.62. The highest BCUT2D eigenvalue weighted by Crippen LogP contribution is 2.14. The molecule has 6 nitrogen and oxygen atoms in total. The number of carbonyl (C=O) groups excluding carboxylic acids is 1. The molecule has 17 heavy (non-hydrogen) atoms. The second-order valence-electron chi connectivity index (χ2n) is 3.62. The lowest BCUT2D eigenvalue weighted by atomic mass is 10.1. The Bertz CT molecular complexity index is 475. The number of rotatable bonds is 4. The number of hydrogen-bond donors (Lipinski definition) is 2. The van der Waals surface area contributed by atoms with Gasteiger partial charge in [0.2, 0.25) is 5.91 Å². The van der Waals surface area contributed by atoms with Gasteiger partial charge in [-0.15, -0.1) is 0 Å². The van der Waals surface area contributed by atoms with Crippen molar-refractivity contribution in [2.24, 2.45) is 7.05 Å². The minimum atomic E-state index is -1.02. The van der Waals surface area contributed by atoms with Gasteiger partial charge in [0, 0.05) is 26.1 Å². The normalized spacial score (nSPS) is 10.8. The van der Waals surface area contributed by atoms with Crippen molar-refractivity contribution < 1.29 is 14.7 Å². The maximum atomic E-state index is 11.0. The van der Waals surface area contributed by atoms with Crippen LogP contribution in [0.4, 0.5) is 0 Å². The van der Waals surface area contributed by atoms with E-state index < -0.39 is 5.97 Å². The van der Waals surface area contributed by atoms with E-state index in [4.69, 9.17) is 5.11 Å². The van der Waals surface area contributed by atoms with Crippen LogP contribution in [0.1, 0.15) is 28.7 Å². The van der Waals surface area contributed by atoms with Crippen molar-refractivity contribution in [3.05, 3.63) is 23.0 Å². The number of carboxylic acids is 1. The Labute approximate surface area is 98.9 Å². The van der Waals surface area contributed by atoms with Crippen molar-refractivity contribution in [3.63, 3.8) is 0 Å². The molecule has 1 amide bonds. The maximum absolute atomic E-state index is 11.0. The average molecular weight is 237 g/mol. The smallest absolute Gasteiger partial charge is 0.354 e. The molecule has 1 aromatic rings. The third-order valence-electron chi connectivity index (χ3n) is 2.22. The van der Waals surface area contributed by atoms with Gasteiger partial charge in [-0.3, -0.25) is 9.48 Å². The largest absolute Gasteiger partial charge is 0.477 e. The van der Waals surface area contributed by atoms with Gasteiger partial charge in [-0.2, -0.15) is 5.10 Å². The monoisotopic (exact) mass is 237 g/mol. The van der Waals surface area contributed by atoms with Crippen LogP contribution in [0.25, 0.3) is 6.08 Å². The van der Waals surface area contributed by atoms with Crippen molar-refractivity contribution in [2.75, 3.05) is 6.54 Å². The zero-order valence-electron chi connectivity index (χ0n) is 10.0.